The van der Waals surface area contributed by atoms with Gasteiger partial charge in [0.15, 0.2) is 0 Å². The number of para-hydroxylation sites is 2. The van der Waals surface area contributed by atoms with E-state index in [2.05, 4.69) is 0 Å². The minimum absolute atomic E-state index is 0.0800. The Labute approximate surface area is 117 Å². The topological polar surface area (TPSA) is 66.8 Å². The second kappa shape index (κ2) is 4.81. The van der Waals surface area contributed by atoms with E-state index in [1.54, 1.807) is 4.90 Å². The van der Waals surface area contributed by atoms with E-state index in [1.807, 2.05) is 24.3 Å². The highest BCUT2D eigenvalue weighted by molar-refractivity contribution is 5.98. The number of benzene rings is 1. The maximum atomic E-state index is 12.5. The normalized spacial score (nSPS) is 19.5. The van der Waals surface area contributed by atoms with Crippen molar-refractivity contribution in [2.75, 3.05) is 18.1 Å². The Kier molecular flexibility index (Phi) is 3.12. The predicted molar refractivity (Wildman–Crippen MR) is 72.8 cm³/mol. The first-order valence-electron chi connectivity index (χ1n) is 6.88. The van der Waals surface area contributed by atoms with Gasteiger partial charge in [-0.3, -0.25) is 9.59 Å². The first kappa shape index (κ1) is 13.0. The Bertz CT molecular complexity index is 551. The van der Waals surface area contributed by atoms with Gasteiger partial charge < -0.3 is 14.7 Å². The lowest BCUT2D eigenvalue weighted by Crippen LogP contribution is -2.45. The standard InChI is InChI=1S/C15H17NO4/c17-13(10-15(14(18)19)6-3-7-15)16-8-9-20-12-5-2-1-4-11(12)16/h1-2,4-5H,3,6-10H2,(H,18,19). The smallest absolute Gasteiger partial charge is 0.310 e. The highest BCUT2D eigenvalue weighted by atomic mass is 16.5. The van der Waals surface area contributed by atoms with E-state index in [0.29, 0.717) is 31.7 Å². The van der Waals surface area contributed by atoms with Crippen molar-refractivity contribution in [3.8, 4) is 5.75 Å². The van der Waals surface area contributed by atoms with Crippen molar-refractivity contribution in [2.45, 2.75) is 25.7 Å². The first-order chi connectivity index (χ1) is 9.62. The fourth-order valence-corrected chi connectivity index (χ4v) is 2.88. The number of nitrogens with zero attached hydrogens (tertiary/aromatic N) is 1. The molecule has 1 fully saturated rings. The summed E-state index contributed by atoms with van der Waals surface area (Å²) < 4.78 is 5.51. The lowest BCUT2D eigenvalue weighted by molar-refractivity contribution is -0.157. The molecule has 0 radical (unpaired) electrons. The molecule has 1 N–H and O–H groups in total. The molecule has 1 amide bonds. The van der Waals surface area contributed by atoms with E-state index < -0.39 is 11.4 Å². The van der Waals surface area contributed by atoms with Crippen LogP contribution in [0.2, 0.25) is 0 Å². The van der Waals surface area contributed by atoms with Gasteiger partial charge in [-0.1, -0.05) is 18.6 Å². The molecule has 0 atom stereocenters. The Morgan fingerprint density at radius 3 is 2.70 bits per heavy atom. The average molecular weight is 275 g/mol. The van der Waals surface area contributed by atoms with E-state index in [-0.39, 0.29) is 12.3 Å². The maximum absolute atomic E-state index is 12.5. The Morgan fingerprint density at radius 1 is 1.30 bits per heavy atom. The summed E-state index contributed by atoms with van der Waals surface area (Å²) >= 11 is 0. The molecule has 1 aliphatic carbocycles. The van der Waals surface area contributed by atoms with Crippen molar-refractivity contribution in [3.63, 3.8) is 0 Å². The zero-order chi connectivity index (χ0) is 14.2. The second-order valence-electron chi connectivity index (χ2n) is 5.48. The van der Waals surface area contributed by atoms with Gasteiger partial charge in [-0.15, -0.1) is 0 Å². The number of fused-ring (bicyclic) bond motifs is 1. The van der Waals surface area contributed by atoms with Gasteiger partial charge >= 0.3 is 5.97 Å². The first-order valence-corrected chi connectivity index (χ1v) is 6.88. The molecule has 1 aliphatic heterocycles. The van der Waals surface area contributed by atoms with Crippen LogP contribution in [-0.4, -0.2) is 30.1 Å². The van der Waals surface area contributed by atoms with Gasteiger partial charge in [0.1, 0.15) is 12.4 Å². The van der Waals surface area contributed by atoms with Crippen molar-refractivity contribution >= 4 is 17.6 Å². The summed E-state index contributed by atoms with van der Waals surface area (Å²) in [5, 5.41) is 9.33. The zero-order valence-corrected chi connectivity index (χ0v) is 11.2. The third kappa shape index (κ3) is 2.03. The Morgan fingerprint density at radius 2 is 2.05 bits per heavy atom. The van der Waals surface area contributed by atoms with Gasteiger partial charge in [-0.05, 0) is 25.0 Å². The second-order valence-corrected chi connectivity index (χ2v) is 5.48. The number of carboxylic acids is 1. The molecule has 1 heterocycles. The van der Waals surface area contributed by atoms with Crippen LogP contribution in [0.1, 0.15) is 25.7 Å². The number of rotatable bonds is 3. The molecule has 0 saturated heterocycles. The number of aliphatic carboxylic acids is 1. The third-order valence-corrected chi connectivity index (χ3v) is 4.28. The average Bonchev–Trinajstić information content (AvgIpc) is 2.41. The summed E-state index contributed by atoms with van der Waals surface area (Å²) in [6.45, 7) is 0.925. The minimum Gasteiger partial charge on any atom is -0.490 e. The minimum atomic E-state index is -0.848. The van der Waals surface area contributed by atoms with E-state index in [4.69, 9.17) is 4.74 Å². The number of carboxylic acid groups (broad SMARTS) is 1. The van der Waals surface area contributed by atoms with Gasteiger partial charge in [0.25, 0.3) is 0 Å². The van der Waals surface area contributed by atoms with Crippen LogP contribution in [0.3, 0.4) is 0 Å². The molecule has 106 valence electrons. The molecule has 0 spiro atoms. The van der Waals surface area contributed by atoms with Crippen LogP contribution in [0.4, 0.5) is 5.69 Å². The SMILES string of the molecule is O=C(CC1(C(=O)O)CCC1)N1CCOc2ccccc21. The molecule has 0 bridgehead atoms. The lowest BCUT2D eigenvalue weighted by Gasteiger charge is -2.39. The van der Waals surface area contributed by atoms with Crippen molar-refractivity contribution in [1.82, 2.24) is 0 Å². The monoisotopic (exact) mass is 275 g/mol. The number of carbonyl (C=O) groups excluding carboxylic acids is 1. The fourth-order valence-electron chi connectivity index (χ4n) is 2.88. The van der Waals surface area contributed by atoms with E-state index >= 15 is 0 Å². The van der Waals surface area contributed by atoms with E-state index in [1.165, 1.54) is 0 Å². The van der Waals surface area contributed by atoms with E-state index in [9.17, 15) is 14.7 Å². The number of anilines is 1. The summed E-state index contributed by atoms with van der Waals surface area (Å²) in [5.41, 5.74) is -0.103. The summed E-state index contributed by atoms with van der Waals surface area (Å²) in [5.74, 6) is -0.286. The van der Waals surface area contributed by atoms with Gasteiger partial charge in [0.05, 0.1) is 17.6 Å². The molecule has 1 saturated carbocycles. The van der Waals surface area contributed by atoms with Crippen molar-refractivity contribution in [1.29, 1.82) is 0 Å². The molecule has 3 rings (SSSR count). The molecule has 0 unspecified atom stereocenters. The predicted octanol–water partition coefficient (Wildman–Crippen LogP) is 2.06. The molecule has 5 heteroatoms. The number of carbonyl (C=O) groups is 2. The molecule has 1 aromatic carbocycles. The Balaban J connectivity index is 1.80. The van der Waals surface area contributed by atoms with Gasteiger partial charge in [-0.25, -0.2) is 0 Å². The van der Waals surface area contributed by atoms with Gasteiger partial charge in [0, 0.05) is 6.42 Å². The fraction of sp³-hybridized carbons (Fsp3) is 0.467. The maximum Gasteiger partial charge on any atom is 0.310 e. The van der Waals surface area contributed by atoms with Gasteiger partial charge in [-0.2, -0.15) is 0 Å². The van der Waals surface area contributed by atoms with E-state index in [0.717, 1.165) is 12.1 Å². The summed E-state index contributed by atoms with van der Waals surface area (Å²) in [4.78, 5) is 25.5. The molecular formula is C15H17NO4. The van der Waals surface area contributed by atoms with Crippen molar-refractivity contribution in [3.05, 3.63) is 24.3 Å². The van der Waals surface area contributed by atoms with Crippen LogP contribution in [0.15, 0.2) is 24.3 Å². The summed E-state index contributed by atoms with van der Waals surface area (Å²) in [7, 11) is 0. The largest absolute Gasteiger partial charge is 0.490 e. The van der Waals surface area contributed by atoms with Crippen LogP contribution in [-0.2, 0) is 9.59 Å². The van der Waals surface area contributed by atoms with Gasteiger partial charge in [0.2, 0.25) is 5.91 Å². The molecule has 0 aromatic heterocycles. The zero-order valence-electron chi connectivity index (χ0n) is 11.2. The number of ether oxygens (including phenoxy) is 1. The molecule has 1 aromatic rings. The highest BCUT2D eigenvalue weighted by Gasteiger charge is 2.47. The summed E-state index contributed by atoms with van der Waals surface area (Å²) in [6, 6.07) is 7.37. The lowest BCUT2D eigenvalue weighted by atomic mass is 9.66. The number of amides is 1. The molecule has 2 aliphatic rings. The quantitative estimate of drug-likeness (QED) is 0.917. The number of hydrogen-bond acceptors (Lipinski definition) is 3. The van der Waals surface area contributed by atoms with Crippen LogP contribution in [0, 0.1) is 5.41 Å². The van der Waals surface area contributed by atoms with Crippen molar-refractivity contribution in [2.24, 2.45) is 5.41 Å². The third-order valence-electron chi connectivity index (χ3n) is 4.28. The Hall–Kier alpha value is -2.04. The van der Waals surface area contributed by atoms with Crippen LogP contribution in [0.25, 0.3) is 0 Å². The van der Waals surface area contributed by atoms with Crippen LogP contribution in [0.5, 0.6) is 5.75 Å². The van der Waals surface area contributed by atoms with Crippen molar-refractivity contribution < 1.29 is 19.4 Å². The summed E-state index contributed by atoms with van der Waals surface area (Å²) in [6.07, 6.45) is 2.16. The highest BCUT2D eigenvalue weighted by Crippen LogP contribution is 2.45. The van der Waals surface area contributed by atoms with Crippen LogP contribution >= 0.6 is 0 Å². The van der Waals surface area contributed by atoms with Crippen LogP contribution < -0.4 is 9.64 Å². The number of hydrogen-bond donors (Lipinski definition) is 1. The molecule has 20 heavy (non-hydrogen) atoms. The molecular weight excluding hydrogens is 258 g/mol. The molecule has 5 nitrogen and oxygen atoms in total.